The van der Waals surface area contributed by atoms with Crippen molar-refractivity contribution in [2.75, 3.05) is 24.7 Å². The standard InChI is InChI=1S/C23H25N3O2/c1-3-23(27)24-13-12-20(16-24)26-15-14-25(17-26)19-8-10-21(11-9-19)28-22-7-5-4-6-18(22)2/h3-11,14-15,20H,1,12-13,16-17H2,2H3/t20-/m1/s1. The summed E-state index contributed by atoms with van der Waals surface area (Å²) in [5.74, 6) is 1.72. The van der Waals surface area contributed by atoms with Gasteiger partial charge in [-0.15, -0.1) is 0 Å². The van der Waals surface area contributed by atoms with Crippen molar-refractivity contribution < 1.29 is 9.53 Å². The normalized spacial score (nSPS) is 18.6. The van der Waals surface area contributed by atoms with Crippen LogP contribution in [0.25, 0.3) is 0 Å². The molecule has 2 aliphatic rings. The molecule has 0 radical (unpaired) electrons. The number of aryl methyl sites for hydroxylation is 1. The van der Waals surface area contributed by atoms with Crippen molar-refractivity contribution in [3.05, 3.63) is 79.1 Å². The predicted molar refractivity (Wildman–Crippen MR) is 111 cm³/mol. The Morgan fingerprint density at radius 1 is 1.14 bits per heavy atom. The molecule has 5 heteroatoms. The van der Waals surface area contributed by atoms with Gasteiger partial charge in [0.15, 0.2) is 0 Å². The Kier molecular flexibility index (Phi) is 5.06. The highest BCUT2D eigenvalue weighted by Crippen LogP contribution is 2.29. The van der Waals surface area contributed by atoms with Crippen LogP contribution in [-0.4, -0.2) is 41.5 Å². The number of carbonyl (C=O) groups is 1. The van der Waals surface area contributed by atoms with E-state index in [2.05, 4.69) is 40.9 Å². The minimum Gasteiger partial charge on any atom is -0.457 e. The zero-order valence-electron chi connectivity index (χ0n) is 16.1. The van der Waals surface area contributed by atoms with Crippen molar-refractivity contribution in [3.63, 3.8) is 0 Å². The van der Waals surface area contributed by atoms with E-state index in [4.69, 9.17) is 4.74 Å². The van der Waals surface area contributed by atoms with Crippen molar-refractivity contribution in [1.29, 1.82) is 0 Å². The van der Waals surface area contributed by atoms with Gasteiger partial charge in [0.1, 0.15) is 11.5 Å². The molecular formula is C23H25N3O2. The summed E-state index contributed by atoms with van der Waals surface area (Å²) in [6.07, 6.45) is 6.59. The van der Waals surface area contributed by atoms with E-state index in [0.29, 0.717) is 6.04 Å². The summed E-state index contributed by atoms with van der Waals surface area (Å²) in [7, 11) is 0. The van der Waals surface area contributed by atoms with Crippen molar-refractivity contribution in [2.24, 2.45) is 0 Å². The SMILES string of the molecule is C=CC(=O)N1CC[C@@H](N2C=CN(c3ccc(Oc4ccccc4C)cc3)C2)C1. The average molecular weight is 375 g/mol. The molecular weight excluding hydrogens is 350 g/mol. The number of benzene rings is 2. The van der Waals surface area contributed by atoms with Gasteiger partial charge in [-0.25, -0.2) is 0 Å². The minimum absolute atomic E-state index is 0.0202. The van der Waals surface area contributed by atoms with Gasteiger partial charge in [-0.1, -0.05) is 24.8 Å². The maximum atomic E-state index is 11.8. The molecule has 1 atom stereocenters. The van der Waals surface area contributed by atoms with Gasteiger partial charge in [-0.2, -0.15) is 0 Å². The first-order valence-corrected chi connectivity index (χ1v) is 9.59. The molecule has 4 rings (SSSR count). The molecule has 0 aliphatic carbocycles. The topological polar surface area (TPSA) is 36.0 Å². The Balaban J connectivity index is 1.36. The maximum Gasteiger partial charge on any atom is 0.246 e. The number of hydrogen-bond donors (Lipinski definition) is 0. The van der Waals surface area contributed by atoms with Crippen LogP contribution in [0.2, 0.25) is 0 Å². The van der Waals surface area contributed by atoms with Crippen LogP contribution in [0.1, 0.15) is 12.0 Å². The lowest BCUT2D eigenvalue weighted by Crippen LogP contribution is -2.37. The fourth-order valence-electron chi connectivity index (χ4n) is 3.69. The summed E-state index contributed by atoms with van der Waals surface area (Å²) < 4.78 is 5.98. The van der Waals surface area contributed by atoms with Crippen LogP contribution in [-0.2, 0) is 4.79 Å². The second kappa shape index (κ2) is 7.80. The van der Waals surface area contributed by atoms with Gasteiger partial charge in [0.05, 0.1) is 6.67 Å². The molecule has 0 unspecified atom stereocenters. The van der Waals surface area contributed by atoms with Crippen molar-refractivity contribution in [1.82, 2.24) is 9.80 Å². The van der Waals surface area contributed by atoms with Crippen LogP contribution in [0.15, 0.2) is 73.6 Å². The molecule has 0 aromatic heterocycles. The van der Waals surface area contributed by atoms with E-state index in [0.717, 1.165) is 48.9 Å². The Bertz CT molecular complexity index is 891. The summed E-state index contributed by atoms with van der Waals surface area (Å²) in [4.78, 5) is 18.2. The molecule has 0 saturated carbocycles. The third-order valence-electron chi connectivity index (χ3n) is 5.36. The van der Waals surface area contributed by atoms with Gasteiger partial charge in [0.2, 0.25) is 5.91 Å². The largest absolute Gasteiger partial charge is 0.457 e. The molecule has 2 aromatic carbocycles. The number of hydrogen-bond acceptors (Lipinski definition) is 4. The molecule has 0 N–H and O–H groups in total. The van der Waals surface area contributed by atoms with Crippen molar-refractivity contribution in [2.45, 2.75) is 19.4 Å². The van der Waals surface area contributed by atoms with Crippen LogP contribution in [0.4, 0.5) is 5.69 Å². The number of nitrogens with zero attached hydrogens (tertiary/aromatic N) is 3. The van der Waals surface area contributed by atoms with Crippen LogP contribution < -0.4 is 9.64 Å². The molecule has 0 spiro atoms. The predicted octanol–water partition coefficient (Wildman–Crippen LogP) is 4.12. The molecule has 1 saturated heterocycles. The molecule has 28 heavy (non-hydrogen) atoms. The molecule has 2 aliphatic heterocycles. The van der Waals surface area contributed by atoms with E-state index >= 15 is 0 Å². The molecule has 144 valence electrons. The summed E-state index contributed by atoms with van der Waals surface area (Å²) >= 11 is 0. The lowest BCUT2D eigenvalue weighted by molar-refractivity contribution is -0.125. The van der Waals surface area contributed by atoms with Crippen molar-refractivity contribution >= 4 is 11.6 Å². The third kappa shape index (κ3) is 3.74. The lowest BCUT2D eigenvalue weighted by atomic mass is 10.2. The van der Waals surface area contributed by atoms with Gasteiger partial charge in [0.25, 0.3) is 0 Å². The van der Waals surface area contributed by atoms with E-state index in [-0.39, 0.29) is 5.91 Å². The molecule has 0 bridgehead atoms. The zero-order chi connectivity index (χ0) is 19.5. The van der Waals surface area contributed by atoms with Crippen molar-refractivity contribution in [3.8, 4) is 11.5 Å². The number of carbonyl (C=O) groups excluding carboxylic acids is 1. The Hall–Kier alpha value is -3.21. The summed E-state index contributed by atoms with van der Waals surface area (Å²) in [6.45, 7) is 7.97. The van der Waals surface area contributed by atoms with Crippen LogP contribution in [0, 0.1) is 6.92 Å². The van der Waals surface area contributed by atoms with Gasteiger partial charge in [-0.05, 0) is 55.3 Å². The quantitative estimate of drug-likeness (QED) is 0.737. The number of amides is 1. The third-order valence-corrected chi connectivity index (χ3v) is 5.36. The first kappa shape index (κ1) is 18.2. The highest BCUT2D eigenvalue weighted by molar-refractivity contribution is 5.87. The summed E-state index contributed by atoms with van der Waals surface area (Å²) in [5.41, 5.74) is 2.23. The van der Waals surface area contributed by atoms with E-state index < -0.39 is 0 Å². The van der Waals surface area contributed by atoms with E-state index in [1.165, 1.54) is 6.08 Å². The smallest absolute Gasteiger partial charge is 0.246 e. The minimum atomic E-state index is 0.0202. The second-order valence-electron chi connectivity index (χ2n) is 7.22. The summed E-state index contributed by atoms with van der Waals surface area (Å²) in [6, 6.07) is 16.5. The number of para-hydroxylation sites is 1. The lowest BCUT2D eigenvalue weighted by Gasteiger charge is -2.26. The molecule has 1 amide bonds. The van der Waals surface area contributed by atoms with E-state index in [1.54, 1.807) is 0 Å². The monoisotopic (exact) mass is 375 g/mol. The second-order valence-corrected chi connectivity index (χ2v) is 7.22. The maximum absolute atomic E-state index is 11.8. The highest BCUT2D eigenvalue weighted by atomic mass is 16.5. The number of likely N-dealkylation sites (tertiary alicyclic amines) is 1. The first-order valence-electron chi connectivity index (χ1n) is 9.59. The van der Waals surface area contributed by atoms with Gasteiger partial charge < -0.3 is 19.4 Å². The highest BCUT2D eigenvalue weighted by Gasteiger charge is 2.30. The number of rotatable bonds is 5. The summed E-state index contributed by atoms with van der Waals surface area (Å²) in [5, 5.41) is 0. The Morgan fingerprint density at radius 2 is 1.93 bits per heavy atom. The zero-order valence-corrected chi connectivity index (χ0v) is 16.1. The fraction of sp³-hybridized carbons (Fsp3) is 0.261. The van der Waals surface area contributed by atoms with E-state index in [9.17, 15) is 4.79 Å². The van der Waals surface area contributed by atoms with Crippen LogP contribution in [0.5, 0.6) is 11.5 Å². The van der Waals surface area contributed by atoms with Gasteiger partial charge in [0, 0.05) is 37.2 Å². The molecule has 1 fully saturated rings. The van der Waals surface area contributed by atoms with Crippen LogP contribution in [0.3, 0.4) is 0 Å². The molecule has 2 aromatic rings. The molecule has 2 heterocycles. The Labute approximate surface area is 166 Å². The Morgan fingerprint density at radius 3 is 2.68 bits per heavy atom. The molecule has 5 nitrogen and oxygen atoms in total. The van der Waals surface area contributed by atoms with Crippen LogP contribution >= 0.6 is 0 Å². The van der Waals surface area contributed by atoms with Gasteiger partial charge >= 0.3 is 0 Å². The first-order chi connectivity index (χ1) is 13.6. The number of anilines is 1. The number of ether oxygens (including phenoxy) is 1. The van der Waals surface area contributed by atoms with Gasteiger partial charge in [-0.3, -0.25) is 4.79 Å². The van der Waals surface area contributed by atoms with E-state index in [1.807, 2.05) is 48.2 Å². The fourth-order valence-corrected chi connectivity index (χ4v) is 3.69. The average Bonchev–Trinajstić information content (AvgIpc) is 3.39.